The molecule has 0 atom stereocenters. The molecule has 0 aliphatic heterocycles. The lowest BCUT2D eigenvalue weighted by Gasteiger charge is -2.01. The molecule has 74 valence electrons. The molecule has 14 heavy (non-hydrogen) atoms. The van der Waals surface area contributed by atoms with Gasteiger partial charge in [-0.05, 0) is 40.3 Å². The Bertz CT molecular complexity index is 517. The zero-order valence-corrected chi connectivity index (χ0v) is 9.66. The van der Waals surface area contributed by atoms with E-state index < -0.39 is 6.67 Å². The van der Waals surface area contributed by atoms with E-state index in [1.807, 2.05) is 18.2 Å². The van der Waals surface area contributed by atoms with Crippen LogP contribution in [0.15, 0.2) is 22.7 Å². The summed E-state index contributed by atoms with van der Waals surface area (Å²) in [6.45, 7) is -0.121. The maximum Gasteiger partial charge on any atom is 0.178 e. The lowest BCUT2D eigenvalue weighted by molar-refractivity contribution is 0.448. The number of nitrogens with one attached hydrogen (secondary N) is 1. The fourth-order valence-electron chi connectivity index (χ4n) is 1.47. The van der Waals surface area contributed by atoms with Crippen LogP contribution in [-0.4, -0.2) is 16.2 Å². The van der Waals surface area contributed by atoms with Crippen LogP contribution in [0.1, 0.15) is 0 Å². The van der Waals surface area contributed by atoms with E-state index in [1.54, 1.807) is 4.57 Å². The first-order valence-corrected chi connectivity index (χ1v) is 5.37. The maximum absolute atomic E-state index is 12.3. The second kappa shape index (κ2) is 3.82. The van der Waals surface area contributed by atoms with Gasteiger partial charge in [0.2, 0.25) is 0 Å². The lowest BCUT2D eigenvalue weighted by Crippen LogP contribution is -1.99. The number of alkyl halides is 1. The quantitative estimate of drug-likeness (QED) is 0.833. The molecule has 2 nitrogen and oxygen atoms in total. The molecule has 1 heterocycles. The van der Waals surface area contributed by atoms with Crippen LogP contribution in [0, 0.1) is 4.77 Å². The Morgan fingerprint density at radius 3 is 3.00 bits per heavy atom. The Labute approximate surface area is 93.9 Å². The van der Waals surface area contributed by atoms with E-state index in [2.05, 4.69) is 20.9 Å². The van der Waals surface area contributed by atoms with Crippen molar-refractivity contribution >= 4 is 39.2 Å². The number of fused-ring (bicyclic) bond motifs is 1. The Kier molecular flexibility index (Phi) is 2.69. The summed E-state index contributed by atoms with van der Waals surface area (Å²) >= 11 is 8.52. The predicted molar refractivity (Wildman–Crippen MR) is 60.8 cm³/mol. The number of aromatic amines is 1. The number of aromatic nitrogens is 2. The minimum atomic E-state index is -0.414. The van der Waals surface area contributed by atoms with E-state index in [0.717, 1.165) is 15.5 Å². The van der Waals surface area contributed by atoms with Crippen LogP contribution in [-0.2, 0) is 6.54 Å². The van der Waals surface area contributed by atoms with Gasteiger partial charge in [-0.2, -0.15) is 0 Å². The van der Waals surface area contributed by atoms with Crippen molar-refractivity contribution < 1.29 is 4.39 Å². The van der Waals surface area contributed by atoms with Crippen LogP contribution in [0.3, 0.4) is 0 Å². The number of para-hydroxylation sites is 1. The van der Waals surface area contributed by atoms with Crippen LogP contribution >= 0.6 is 28.1 Å². The third-order valence-corrected chi connectivity index (χ3v) is 3.01. The molecule has 0 amide bonds. The van der Waals surface area contributed by atoms with Crippen LogP contribution in [0.25, 0.3) is 11.0 Å². The molecule has 5 heteroatoms. The Morgan fingerprint density at radius 2 is 2.29 bits per heavy atom. The topological polar surface area (TPSA) is 20.7 Å². The van der Waals surface area contributed by atoms with Crippen molar-refractivity contribution in [3.8, 4) is 0 Å². The molecule has 2 aromatic rings. The molecule has 0 unspecified atom stereocenters. The summed E-state index contributed by atoms with van der Waals surface area (Å²) in [7, 11) is 0. The van der Waals surface area contributed by atoms with Gasteiger partial charge in [0.1, 0.15) is 6.67 Å². The van der Waals surface area contributed by atoms with E-state index in [0.29, 0.717) is 11.3 Å². The second-order valence-corrected chi connectivity index (χ2v) is 4.15. The van der Waals surface area contributed by atoms with Gasteiger partial charge >= 0.3 is 0 Å². The van der Waals surface area contributed by atoms with E-state index >= 15 is 0 Å². The van der Waals surface area contributed by atoms with Crippen molar-refractivity contribution in [3.63, 3.8) is 0 Å². The molecule has 0 radical (unpaired) electrons. The number of hydrogen-bond donors (Lipinski definition) is 1. The third-order valence-electron chi connectivity index (χ3n) is 2.05. The van der Waals surface area contributed by atoms with Crippen molar-refractivity contribution in [1.82, 2.24) is 9.55 Å². The molecule has 0 fully saturated rings. The van der Waals surface area contributed by atoms with Crippen LogP contribution in [0.5, 0.6) is 0 Å². The van der Waals surface area contributed by atoms with Crippen LogP contribution in [0.4, 0.5) is 4.39 Å². The summed E-state index contributed by atoms with van der Waals surface area (Å²) in [5.41, 5.74) is 1.85. The number of rotatable bonds is 2. The highest BCUT2D eigenvalue weighted by Crippen LogP contribution is 2.23. The highest BCUT2D eigenvalue weighted by atomic mass is 79.9. The fraction of sp³-hybridized carbons (Fsp3) is 0.222. The average molecular weight is 275 g/mol. The monoisotopic (exact) mass is 274 g/mol. The molecule has 0 saturated heterocycles. The Balaban J connectivity index is 2.79. The van der Waals surface area contributed by atoms with Gasteiger partial charge in [-0.15, -0.1) is 0 Å². The molecular weight excluding hydrogens is 267 g/mol. The van der Waals surface area contributed by atoms with E-state index in [9.17, 15) is 4.39 Å². The van der Waals surface area contributed by atoms with Gasteiger partial charge in [-0.25, -0.2) is 4.39 Å². The van der Waals surface area contributed by atoms with Crippen molar-refractivity contribution in [2.24, 2.45) is 0 Å². The zero-order valence-electron chi connectivity index (χ0n) is 7.26. The van der Waals surface area contributed by atoms with Crippen molar-refractivity contribution in [2.45, 2.75) is 6.54 Å². The molecule has 1 N–H and O–H groups in total. The SMILES string of the molecule is FCCn1c(=S)[nH]c2cccc(Br)c21. The molecule has 1 aromatic heterocycles. The van der Waals surface area contributed by atoms with E-state index in [1.165, 1.54) is 0 Å². The fourth-order valence-corrected chi connectivity index (χ4v) is 2.35. The molecule has 0 aliphatic rings. The van der Waals surface area contributed by atoms with Crippen molar-refractivity contribution in [3.05, 3.63) is 27.4 Å². The predicted octanol–water partition coefficient (Wildman–Crippen LogP) is 3.43. The van der Waals surface area contributed by atoms with Crippen LogP contribution in [0.2, 0.25) is 0 Å². The number of imidazole rings is 1. The second-order valence-electron chi connectivity index (χ2n) is 2.91. The average Bonchev–Trinajstić information content (AvgIpc) is 2.45. The van der Waals surface area contributed by atoms with Crippen molar-refractivity contribution in [2.75, 3.05) is 6.67 Å². The van der Waals surface area contributed by atoms with Gasteiger partial charge in [0.05, 0.1) is 17.6 Å². The molecule has 0 spiro atoms. The highest BCUT2D eigenvalue weighted by molar-refractivity contribution is 9.10. The Hall–Kier alpha value is -0.680. The summed E-state index contributed by atoms with van der Waals surface area (Å²) < 4.78 is 15.5. The summed E-state index contributed by atoms with van der Waals surface area (Å²) in [6, 6.07) is 5.75. The number of aryl methyl sites for hydroxylation is 1. The highest BCUT2D eigenvalue weighted by Gasteiger charge is 2.06. The summed E-state index contributed by atoms with van der Waals surface area (Å²) in [5.74, 6) is 0. The van der Waals surface area contributed by atoms with E-state index in [4.69, 9.17) is 12.2 Å². The molecule has 0 saturated carbocycles. The zero-order chi connectivity index (χ0) is 10.1. The summed E-state index contributed by atoms with van der Waals surface area (Å²) in [6.07, 6.45) is 0. The van der Waals surface area contributed by atoms with Gasteiger partial charge in [0, 0.05) is 4.47 Å². The third kappa shape index (κ3) is 1.50. The van der Waals surface area contributed by atoms with Crippen molar-refractivity contribution in [1.29, 1.82) is 0 Å². The molecule has 0 bridgehead atoms. The van der Waals surface area contributed by atoms with Gasteiger partial charge in [0.25, 0.3) is 0 Å². The number of nitrogens with zero attached hydrogens (tertiary/aromatic N) is 1. The first kappa shape index (κ1) is 9.86. The minimum Gasteiger partial charge on any atom is -0.331 e. The number of H-pyrrole nitrogens is 1. The first-order valence-electron chi connectivity index (χ1n) is 4.17. The molecule has 0 aliphatic carbocycles. The molecule has 2 rings (SSSR count). The van der Waals surface area contributed by atoms with E-state index in [-0.39, 0.29) is 0 Å². The number of hydrogen-bond acceptors (Lipinski definition) is 1. The summed E-state index contributed by atoms with van der Waals surface area (Å²) in [5, 5.41) is 0. The molecular formula is C9H8BrFN2S. The standard InChI is InChI=1S/C9H8BrFN2S/c10-6-2-1-3-7-8(6)13(5-4-11)9(14)12-7/h1-3H,4-5H2,(H,12,14). The lowest BCUT2D eigenvalue weighted by atomic mass is 10.3. The van der Waals surface area contributed by atoms with Gasteiger partial charge in [-0.3, -0.25) is 0 Å². The molecule has 1 aromatic carbocycles. The largest absolute Gasteiger partial charge is 0.331 e. The smallest absolute Gasteiger partial charge is 0.178 e. The summed E-state index contributed by atoms with van der Waals surface area (Å²) in [4.78, 5) is 3.03. The normalized spacial score (nSPS) is 11.0. The van der Waals surface area contributed by atoms with Gasteiger partial charge in [-0.1, -0.05) is 6.07 Å². The number of benzene rings is 1. The maximum atomic E-state index is 12.3. The van der Waals surface area contributed by atoms with Gasteiger partial charge < -0.3 is 9.55 Å². The Morgan fingerprint density at radius 1 is 1.50 bits per heavy atom. The number of halogens is 2. The first-order chi connectivity index (χ1) is 6.74. The minimum absolute atomic E-state index is 0.293. The van der Waals surface area contributed by atoms with Gasteiger partial charge in [0.15, 0.2) is 4.77 Å². The van der Waals surface area contributed by atoms with Crippen LogP contribution < -0.4 is 0 Å².